The number of nitro benzene ring substituents is 1. The van der Waals surface area contributed by atoms with Crippen LogP contribution in [0.2, 0.25) is 10.0 Å². The fraction of sp³-hybridized carbons (Fsp3) is 0.304. The summed E-state index contributed by atoms with van der Waals surface area (Å²) in [5.41, 5.74) is -0.355. The Morgan fingerprint density at radius 1 is 0.972 bits per heavy atom. The van der Waals surface area contributed by atoms with Crippen LogP contribution in [0, 0.1) is 22.0 Å². The third-order valence-corrected chi connectivity index (χ3v) is 9.68. The molecule has 2 aromatic rings. The van der Waals surface area contributed by atoms with Crippen LogP contribution in [-0.4, -0.2) is 54.6 Å². The Bertz CT molecular complexity index is 1260. The van der Waals surface area contributed by atoms with Crippen LogP contribution in [0.15, 0.2) is 42.5 Å². The Hall–Kier alpha value is -2.34. The number of hydrazine groups is 1. The van der Waals surface area contributed by atoms with Crippen molar-refractivity contribution in [3.8, 4) is 0 Å². The molecule has 4 atom stereocenters. The lowest BCUT2D eigenvalue weighted by atomic mass is 9.81. The minimum atomic E-state index is -0.821. The second-order valence-corrected chi connectivity index (χ2v) is 11.6. The van der Waals surface area contributed by atoms with E-state index < -0.39 is 46.8 Å². The van der Waals surface area contributed by atoms with Crippen molar-refractivity contribution in [3.05, 3.63) is 73.8 Å². The number of nitro groups is 1. The molecule has 0 spiro atoms. The summed E-state index contributed by atoms with van der Waals surface area (Å²) in [7, 11) is 0. The van der Waals surface area contributed by atoms with E-state index in [0.717, 1.165) is 16.1 Å². The first kappa shape index (κ1) is 26.7. The first-order chi connectivity index (χ1) is 17.0. The van der Waals surface area contributed by atoms with Crippen molar-refractivity contribution in [1.29, 1.82) is 0 Å². The summed E-state index contributed by atoms with van der Waals surface area (Å²) in [6.45, 7) is -0.702. The number of halogens is 4. The molecule has 0 aromatic heterocycles. The molecule has 2 aromatic carbocycles. The normalized spacial score (nSPS) is 23.4. The quantitative estimate of drug-likeness (QED) is 0.140. The molecule has 1 heterocycles. The summed E-state index contributed by atoms with van der Waals surface area (Å²) in [6, 6.07) is 9.01. The molecule has 1 saturated carbocycles. The van der Waals surface area contributed by atoms with E-state index in [4.69, 9.17) is 23.2 Å². The second kappa shape index (κ2) is 10.6. The topological polar surface area (TPSA) is 118 Å². The summed E-state index contributed by atoms with van der Waals surface area (Å²) >= 11 is 19.1. The van der Waals surface area contributed by atoms with Gasteiger partial charge in [-0.05, 0) is 31.0 Å². The molecule has 2 fully saturated rings. The highest BCUT2D eigenvalue weighted by Gasteiger charge is 2.54. The average Bonchev–Trinajstić information content (AvgIpc) is 3.08. The van der Waals surface area contributed by atoms with Crippen LogP contribution in [-0.2, 0) is 9.59 Å². The number of ketones is 1. The van der Waals surface area contributed by atoms with Gasteiger partial charge in [0.25, 0.3) is 23.4 Å². The molecule has 4 rings (SSSR count). The van der Waals surface area contributed by atoms with Crippen LogP contribution in [0.4, 0.5) is 5.69 Å². The molecule has 0 N–H and O–H groups in total. The fourth-order valence-electron chi connectivity index (χ4n) is 4.35. The number of imide groups is 1. The lowest BCUT2D eigenvalue weighted by molar-refractivity contribution is -0.384. The van der Waals surface area contributed by atoms with E-state index in [9.17, 15) is 29.3 Å². The SMILES string of the molecule is O=C(CN(C(=O)c1ccc(Cl)c(Cl)c1)N1C(=O)[C@H]2C[C@H](Br)[C@@H](Br)C[C@H]2C1=O)c1cccc([N+](=O)[O-])c1. The number of carbonyl (C=O) groups excluding carboxylic acids is 4. The van der Waals surface area contributed by atoms with Crippen molar-refractivity contribution in [3.63, 3.8) is 0 Å². The number of alkyl halides is 2. The van der Waals surface area contributed by atoms with Crippen LogP contribution >= 0.6 is 55.1 Å². The summed E-state index contributed by atoms with van der Waals surface area (Å²) in [5, 5.41) is 12.9. The summed E-state index contributed by atoms with van der Waals surface area (Å²) in [4.78, 5) is 63.9. The Morgan fingerprint density at radius 3 is 2.14 bits per heavy atom. The molecule has 9 nitrogen and oxygen atoms in total. The van der Waals surface area contributed by atoms with Crippen molar-refractivity contribution in [2.24, 2.45) is 11.8 Å². The maximum atomic E-state index is 13.6. The third kappa shape index (κ3) is 5.06. The molecule has 1 aliphatic carbocycles. The van der Waals surface area contributed by atoms with Crippen molar-refractivity contribution in [2.45, 2.75) is 22.5 Å². The maximum absolute atomic E-state index is 13.6. The van der Waals surface area contributed by atoms with E-state index in [1.165, 1.54) is 36.4 Å². The van der Waals surface area contributed by atoms with Crippen molar-refractivity contribution in [2.75, 3.05) is 6.54 Å². The first-order valence-corrected chi connectivity index (χ1v) is 13.3. The molecular weight excluding hydrogens is 645 g/mol. The molecule has 3 amide bonds. The molecule has 0 bridgehead atoms. The summed E-state index contributed by atoms with van der Waals surface area (Å²) in [6.07, 6.45) is 0.741. The van der Waals surface area contributed by atoms with Gasteiger partial charge in [-0.15, -0.1) is 0 Å². The number of carbonyl (C=O) groups is 4. The lowest BCUT2D eigenvalue weighted by Gasteiger charge is -2.30. The Labute approximate surface area is 232 Å². The Balaban J connectivity index is 1.72. The molecule has 2 aliphatic rings. The van der Waals surface area contributed by atoms with Gasteiger partial charge in [-0.1, -0.05) is 67.2 Å². The van der Waals surface area contributed by atoms with Gasteiger partial charge in [0, 0.05) is 32.9 Å². The standard InChI is InChI=1S/C23H17Br2Cl2N3O6/c24-16-8-14-15(9-17(16)25)23(34)29(22(14)33)28(21(32)12-4-5-18(26)19(27)7-12)10-20(31)11-2-1-3-13(6-11)30(35)36/h1-7,14-17H,8-10H2/t14-,15+,16-,17-/m0/s1. The van der Waals surface area contributed by atoms with Crippen molar-refractivity contribution < 1.29 is 24.1 Å². The highest BCUT2D eigenvalue weighted by Crippen LogP contribution is 2.43. The van der Waals surface area contributed by atoms with E-state index >= 15 is 0 Å². The van der Waals surface area contributed by atoms with Crippen LogP contribution in [0.5, 0.6) is 0 Å². The summed E-state index contributed by atoms with van der Waals surface area (Å²) < 4.78 is 0. The second-order valence-electron chi connectivity index (χ2n) is 8.43. The number of benzene rings is 2. The molecule has 1 saturated heterocycles. The number of hydrogen-bond acceptors (Lipinski definition) is 6. The molecule has 13 heteroatoms. The number of amides is 3. The van der Waals surface area contributed by atoms with Gasteiger partial charge in [-0.2, -0.15) is 5.01 Å². The first-order valence-electron chi connectivity index (χ1n) is 10.7. The molecule has 0 radical (unpaired) electrons. The maximum Gasteiger partial charge on any atom is 0.273 e. The minimum absolute atomic E-state index is 0.00319. The number of hydrogen-bond donors (Lipinski definition) is 0. The monoisotopic (exact) mass is 659 g/mol. The number of fused-ring (bicyclic) bond motifs is 1. The number of Topliss-reactive ketones (excluding diaryl/α,β-unsaturated/α-hetero) is 1. The number of nitrogens with zero attached hydrogens (tertiary/aromatic N) is 3. The molecule has 188 valence electrons. The van der Waals surface area contributed by atoms with E-state index in [0.29, 0.717) is 12.8 Å². The molecule has 36 heavy (non-hydrogen) atoms. The number of rotatable bonds is 6. The third-order valence-electron chi connectivity index (χ3n) is 6.20. The molecular formula is C23H17Br2Cl2N3O6. The zero-order chi connectivity index (χ0) is 26.3. The average molecular weight is 662 g/mol. The smallest absolute Gasteiger partial charge is 0.273 e. The van der Waals surface area contributed by atoms with E-state index in [-0.39, 0.29) is 36.5 Å². The van der Waals surface area contributed by atoms with Crippen LogP contribution in [0.1, 0.15) is 33.6 Å². The lowest BCUT2D eigenvalue weighted by Crippen LogP contribution is -2.52. The zero-order valence-electron chi connectivity index (χ0n) is 18.3. The van der Waals surface area contributed by atoms with E-state index in [1.807, 2.05) is 0 Å². The minimum Gasteiger partial charge on any atom is -0.292 e. The molecule has 0 unspecified atom stereocenters. The van der Waals surface area contributed by atoms with Gasteiger partial charge in [0.1, 0.15) is 6.54 Å². The Kier molecular flexibility index (Phi) is 7.84. The molecule has 1 aliphatic heterocycles. The highest BCUT2D eigenvalue weighted by atomic mass is 79.9. The Morgan fingerprint density at radius 2 is 1.58 bits per heavy atom. The predicted molar refractivity (Wildman–Crippen MR) is 138 cm³/mol. The highest BCUT2D eigenvalue weighted by molar-refractivity contribution is 9.12. The van der Waals surface area contributed by atoms with Gasteiger partial charge in [0.15, 0.2) is 5.78 Å². The van der Waals surface area contributed by atoms with Crippen molar-refractivity contribution >= 4 is 84.3 Å². The fourth-order valence-corrected chi connectivity index (χ4v) is 5.88. The number of non-ortho nitro benzene ring substituents is 1. The van der Waals surface area contributed by atoms with Crippen LogP contribution < -0.4 is 0 Å². The zero-order valence-corrected chi connectivity index (χ0v) is 23.0. The van der Waals surface area contributed by atoms with Gasteiger partial charge < -0.3 is 0 Å². The van der Waals surface area contributed by atoms with Crippen LogP contribution in [0.3, 0.4) is 0 Å². The van der Waals surface area contributed by atoms with Gasteiger partial charge in [0.2, 0.25) is 0 Å². The largest absolute Gasteiger partial charge is 0.292 e. The van der Waals surface area contributed by atoms with Gasteiger partial charge in [-0.25, -0.2) is 5.01 Å². The van der Waals surface area contributed by atoms with Gasteiger partial charge in [-0.3, -0.25) is 29.3 Å². The van der Waals surface area contributed by atoms with Crippen molar-refractivity contribution in [1.82, 2.24) is 10.0 Å². The van der Waals surface area contributed by atoms with Gasteiger partial charge >= 0.3 is 0 Å². The van der Waals surface area contributed by atoms with E-state index in [1.54, 1.807) is 0 Å². The predicted octanol–water partition coefficient (Wildman–Crippen LogP) is 5.06. The van der Waals surface area contributed by atoms with E-state index in [2.05, 4.69) is 31.9 Å². The van der Waals surface area contributed by atoms with Crippen LogP contribution in [0.25, 0.3) is 0 Å². The summed E-state index contributed by atoms with van der Waals surface area (Å²) in [5.74, 6) is -4.01. The van der Waals surface area contributed by atoms with Gasteiger partial charge in [0.05, 0.1) is 26.8 Å².